The lowest BCUT2D eigenvalue weighted by molar-refractivity contribution is -0.129. The van der Waals surface area contributed by atoms with Gasteiger partial charge in [0.25, 0.3) is 5.91 Å². The topological polar surface area (TPSA) is 73.2 Å². The van der Waals surface area contributed by atoms with Gasteiger partial charge in [-0.05, 0) is 37.8 Å². The molecule has 0 saturated heterocycles. The molecule has 6 nitrogen and oxygen atoms in total. The van der Waals surface area contributed by atoms with E-state index in [-0.39, 0.29) is 16.6 Å². The van der Waals surface area contributed by atoms with Crippen LogP contribution in [0.5, 0.6) is 0 Å². The number of ether oxygens (including phenoxy) is 1. The Morgan fingerprint density at radius 2 is 1.97 bits per heavy atom. The molecule has 29 heavy (non-hydrogen) atoms. The van der Waals surface area contributed by atoms with Gasteiger partial charge in [-0.2, -0.15) is 5.10 Å². The fourth-order valence-electron chi connectivity index (χ4n) is 2.76. The van der Waals surface area contributed by atoms with Gasteiger partial charge >= 0.3 is 5.97 Å². The van der Waals surface area contributed by atoms with Gasteiger partial charge in [-0.3, -0.25) is 4.79 Å². The van der Waals surface area contributed by atoms with Gasteiger partial charge in [0.05, 0.1) is 18.8 Å². The minimum absolute atomic E-state index is 0.177. The van der Waals surface area contributed by atoms with E-state index in [9.17, 15) is 9.59 Å². The first-order valence-electron chi connectivity index (χ1n) is 9.14. The molecule has 3 aromatic rings. The average molecular weight is 432 g/mol. The summed E-state index contributed by atoms with van der Waals surface area (Å²) < 4.78 is 6.88. The van der Waals surface area contributed by atoms with Crippen LogP contribution in [0.3, 0.4) is 0 Å². The number of hydrogen-bond donors (Lipinski definition) is 1. The van der Waals surface area contributed by atoms with Crippen LogP contribution in [0.2, 0.25) is 5.15 Å². The zero-order valence-corrected chi connectivity index (χ0v) is 18.0. The Kier molecular flexibility index (Phi) is 6.71. The molecule has 0 spiro atoms. The van der Waals surface area contributed by atoms with E-state index in [2.05, 4.69) is 10.4 Å². The molecule has 1 amide bonds. The number of nitrogens with one attached hydrogen (secondary N) is 1. The minimum Gasteiger partial charge on any atom is -0.449 e. The fourth-order valence-corrected chi connectivity index (χ4v) is 3.72. The number of rotatable bonds is 7. The third kappa shape index (κ3) is 5.25. The highest BCUT2D eigenvalue weighted by Crippen LogP contribution is 2.22. The highest BCUT2D eigenvalue weighted by molar-refractivity contribution is 7.09. The summed E-state index contributed by atoms with van der Waals surface area (Å²) in [5, 5.41) is 9.24. The maximum absolute atomic E-state index is 12.6. The van der Waals surface area contributed by atoms with Gasteiger partial charge in [-0.15, -0.1) is 11.3 Å². The van der Waals surface area contributed by atoms with E-state index in [1.165, 1.54) is 6.92 Å². The Morgan fingerprint density at radius 3 is 2.62 bits per heavy atom. The van der Waals surface area contributed by atoms with Gasteiger partial charge in [0.15, 0.2) is 6.10 Å². The molecule has 0 aliphatic carbocycles. The Morgan fingerprint density at radius 1 is 1.24 bits per heavy atom. The van der Waals surface area contributed by atoms with Gasteiger partial charge in [0.2, 0.25) is 0 Å². The van der Waals surface area contributed by atoms with E-state index < -0.39 is 12.1 Å². The zero-order valence-electron chi connectivity index (χ0n) is 16.4. The number of aryl methyl sites for hydroxylation is 2. The second-order valence-electron chi connectivity index (χ2n) is 6.74. The van der Waals surface area contributed by atoms with Crippen LogP contribution < -0.4 is 5.32 Å². The first-order valence-corrected chi connectivity index (χ1v) is 10.4. The van der Waals surface area contributed by atoms with Crippen LogP contribution in [-0.4, -0.2) is 27.8 Å². The first-order chi connectivity index (χ1) is 13.8. The van der Waals surface area contributed by atoms with Crippen LogP contribution in [0.1, 0.15) is 39.0 Å². The van der Waals surface area contributed by atoms with Crippen molar-refractivity contribution in [3.63, 3.8) is 0 Å². The van der Waals surface area contributed by atoms with E-state index in [1.54, 1.807) is 22.9 Å². The summed E-state index contributed by atoms with van der Waals surface area (Å²) in [5.74, 6) is -1.03. The molecular weight excluding hydrogens is 410 g/mol. The molecular formula is C21H22ClN3O3S. The lowest BCUT2D eigenvalue weighted by atomic mass is 10.1. The SMILES string of the molecule is Cc1ccc(Cn2nc(C)c(C(=O)OC(C)C(=O)NCc3cccs3)c2Cl)cc1. The van der Waals surface area contributed by atoms with E-state index in [1.807, 2.05) is 48.7 Å². The summed E-state index contributed by atoms with van der Waals surface area (Å²) in [5.41, 5.74) is 2.81. The van der Waals surface area contributed by atoms with Gasteiger partial charge < -0.3 is 10.1 Å². The average Bonchev–Trinajstić information content (AvgIpc) is 3.29. The van der Waals surface area contributed by atoms with Crippen molar-refractivity contribution < 1.29 is 14.3 Å². The molecule has 0 fully saturated rings. The number of thiophene rings is 1. The second-order valence-corrected chi connectivity index (χ2v) is 8.13. The predicted molar refractivity (Wildman–Crippen MR) is 113 cm³/mol. The highest BCUT2D eigenvalue weighted by atomic mass is 35.5. The summed E-state index contributed by atoms with van der Waals surface area (Å²) in [7, 11) is 0. The molecule has 1 unspecified atom stereocenters. The maximum Gasteiger partial charge on any atom is 0.343 e. The standard InChI is InChI=1S/C21H22ClN3O3S/c1-13-6-8-16(9-7-13)12-25-19(22)18(14(2)24-25)21(27)28-15(3)20(26)23-11-17-5-4-10-29-17/h4-10,15H,11-12H2,1-3H3,(H,23,26). The number of nitrogens with zero attached hydrogens (tertiary/aromatic N) is 2. The van der Waals surface area contributed by atoms with E-state index in [0.29, 0.717) is 18.8 Å². The molecule has 2 aromatic heterocycles. The maximum atomic E-state index is 12.6. The van der Waals surface area contributed by atoms with Gasteiger partial charge in [0, 0.05) is 4.88 Å². The largest absolute Gasteiger partial charge is 0.449 e. The van der Waals surface area contributed by atoms with Crippen molar-refractivity contribution in [3.8, 4) is 0 Å². The Bertz CT molecular complexity index is 997. The third-order valence-electron chi connectivity index (χ3n) is 4.39. The van der Waals surface area contributed by atoms with Crippen LogP contribution in [0.15, 0.2) is 41.8 Å². The number of amides is 1. The van der Waals surface area contributed by atoms with E-state index >= 15 is 0 Å². The molecule has 0 saturated carbocycles. The molecule has 1 N–H and O–H groups in total. The Hall–Kier alpha value is -2.64. The molecule has 0 radical (unpaired) electrons. The second kappa shape index (κ2) is 9.24. The summed E-state index contributed by atoms with van der Waals surface area (Å²) in [4.78, 5) is 25.8. The summed E-state index contributed by atoms with van der Waals surface area (Å²) >= 11 is 7.94. The van der Waals surface area contributed by atoms with Crippen LogP contribution in [0.4, 0.5) is 0 Å². The van der Waals surface area contributed by atoms with Crippen LogP contribution >= 0.6 is 22.9 Å². The molecule has 0 bridgehead atoms. The number of aromatic nitrogens is 2. The van der Waals surface area contributed by atoms with Crippen molar-refractivity contribution in [1.82, 2.24) is 15.1 Å². The van der Waals surface area contributed by atoms with Crippen molar-refractivity contribution in [2.75, 3.05) is 0 Å². The molecule has 1 atom stereocenters. The lowest BCUT2D eigenvalue weighted by Crippen LogP contribution is -2.35. The minimum atomic E-state index is -0.946. The van der Waals surface area contributed by atoms with Gasteiger partial charge in [-0.1, -0.05) is 47.5 Å². The monoisotopic (exact) mass is 431 g/mol. The normalized spacial score (nSPS) is 11.9. The van der Waals surface area contributed by atoms with Crippen molar-refractivity contribution in [3.05, 3.63) is 74.2 Å². The molecule has 0 aliphatic heterocycles. The smallest absolute Gasteiger partial charge is 0.343 e. The number of hydrogen-bond acceptors (Lipinski definition) is 5. The van der Waals surface area contributed by atoms with Crippen molar-refractivity contribution in [1.29, 1.82) is 0 Å². The molecule has 3 rings (SSSR count). The van der Waals surface area contributed by atoms with E-state index in [0.717, 1.165) is 16.0 Å². The number of esters is 1. The molecule has 0 aliphatic rings. The van der Waals surface area contributed by atoms with Crippen molar-refractivity contribution >= 4 is 34.8 Å². The van der Waals surface area contributed by atoms with Crippen LogP contribution in [-0.2, 0) is 22.6 Å². The Balaban J connectivity index is 1.64. The van der Waals surface area contributed by atoms with Crippen molar-refractivity contribution in [2.24, 2.45) is 0 Å². The van der Waals surface area contributed by atoms with Crippen LogP contribution in [0.25, 0.3) is 0 Å². The fraction of sp³-hybridized carbons (Fsp3) is 0.286. The predicted octanol–water partition coefficient (Wildman–Crippen LogP) is 4.12. The summed E-state index contributed by atoms with van der Waals surface area (Å²) in [6, 6.07) is 11.8. The number of carbonyl (C=O) groups is 2. The van der Waals surface area contributed by atoms with Gasteiger partial charge in [0.1, 0.15) is 10.7 Å². The molecule has 152 valence electrons. The number of benzene rings is 1. The number of halogens is 1. The molecule has 8 heteroatoms. The molecule has 2 heterocycles. The zero-order chi connectivity index (χ0) is 21.0. The van der Waals surface area contributed by atoms with Gasteiger partial charge in [-0.25, -0.2) is 9.48 Å². The first kappa shape index (κ1) is 21.1. The summed E-state index contributed by atoms with van der Waals surface area (Å²) in [6.07, 6.45) is -0.946. The lowest BCUT2D eigenvalue weighted by Gasteiger charge is -2.13. The summed E-state index contributed by atoms with van der Waals surface area (Å²) in [6.45, 7) is 6.06. The molecule has 1 aromatic carbocycles. The van der Waals surface area contributed by atoms with Crippen LogP contribution in [0, 0.1) is 13.8 Å². The third-order valence-corrected chi connectivity index (χ3v) is 5.65. The number of carbonyl (C=O) groups excluding carboxylic acids is 2. The van der Waals surface area contributed by atoms with Crippen molar-refractivity contribution in [2.45, 2.75) is 40.0 Å². The quantitative estimate of drug-likeness (QED) is 0.571. The highest BCUT2D eigenvalue weighted by Gasteiger charge is 2.25. The van der Waals surface area contributed by atoms with E-state index in [4.69, 9.17) is 16.3 Å². The Labute approximate surface area is 178 Å².